The second-order valence-electron chi connectivity index (χ2n) is 4.21. The highest BCUT2D eigenvalue weighted by atomic mass is 16.5. The molecular weight excluding hydrogens is 184 g/mol. The van der Waals surface area contributed by atoms with Gasteiger partial charge in [-0.1, -0.05) is 0 Å². The van der Waals surface area contributed by atoms with E-state index in [1.165, 1.54) is 0 Å². The maximum atomic E-state index is 11.1. The predicted molar refractivity (Wildman–Crippen MR) is 47.9 cm³/mol. The predicted octanol–water partition coefficient (Wildman–Crippen LogP) is 0.989. The second kappa shape index (κ2) is 3.35. The van der Waals surface area contributed by atoms with Crippen LogP contribution in [0.15, 0.2) is 0 Å². The van der Waals surface area contributed by atoms with Crippen LogP contribution in [-0.2, 0) is 14.3 Å². The molecule has 1 saturated carbocycles. The molecule has 0 aromatic heterocycles. The van der Waals surface area contributed by atoms with Crippen LogP contribution in [0.1, 0.15) is 32.1 Å². The van der Waals surface area contributed by atoms with Crippen molar-refractivity contribution in [2.24, 2.45) is 5.41 Å². The first-order valence-electron chi connectivity index (χ1n) is 5.02. The van der Waals surface area contributed by atoms with Gasteiger partial charge < -0.3 is 9.84 Å². The second-order valence-corrected chi connectivity index (χ2v) is 4.21. The molecule has 1 atom stereocenters. The molecule has 14 heavy (non-hydrogen) atoms. The van der Waals surface area contributed by atoms with Gasteiger partial charge in [-0.05, 0) is 19.3 Å². The summed E-state index contributed by atoms with van der Waals surface area (Å²) >= 11 is 0. The van der Waals surface area contributed by atoms with E-state index in [2.05, 4.69) is 0 Å². The summed E-state index contributed by atoms with van der Waals surface area (Å²) in [7, 11) is 0. The number of rotatable bonds is 2. The third-order valence-electron chi connectivity index (χ3n) is 3.25. The van der Waals surface area contributed by atoms with Crippen molar-refractivity contribution in [1.82, 2.24) is 0 Å². The Morgan fingerprint density at radius 3 is 2.57 bits per heavy atom. The zero-order valence-corrected chi connectivity index (χ0v) is 7.99. The molecule has 1 saturated heterocycles. The third-order valence-corrected chi connectivity index (χ3v) is 3.25. The molecule has 1 N–H and O–H groups in total. The zero-order valence-electron chi connectivity index (χ0n) is 7.99. The van der Waals surface area contributed by atoms with Crippen molar-refractivity contribution < 1.29 is 19.4 Å². The van der Waals surface area contributed by atoms with Gasteiger partial charge in [0.05, 0.1) is 6.10 Å². The highest BCUT2D eigenvalue weighted by Crippen LogP contribution is 2.45. The van der Waals surface area contributed by atoms with Crippen LogP contribution >= 0.6 is 0 Å². The summed E-state index contributed by atoms with van der Waals surface area (Å²) in [5, 5.41) is 9.12. The van der Waals surface area contributed by atoms with Crippen LogP contribution < -0.4 is 0 Å². The van der Waals surface area contributed by atoms with Crippen molar-refractivity contribution in [2.45, 2.75) is 38.2 Å². The molecule has 1 unspecified atom stereocenters. The number of hydrogen-bond donors (Lipinski definition) is 1. The van der Waals surface area contributed by atoms with E-state index in [9.17, 15) is 9.59 Å². The van der Waals surface area contributed by atoms with Crippen molar-refractivity contribution in [2.75, 3.05) is 6.61 Å². The average molecular weight is 198 g/mol. The van der Waals surface area contributed by atoms with Crippen LogP contribution in [0.5, 0.6) is 0 Å². The molecule has 0 amide bonds. The fourth-order valence-corrected chi connectivity index (χ4v) is 2.35. The summed E-state index contributed by atoms with van der Waals surface area (Å²) < 4.78 is 5.46. The van der Waals surface area contributed by atoms with E-state index in [0.29, 0.717) is 6.61 Å². The number of carbonyl (C=O) groups is 2. The van der Waals surface area contributed by atoms with E-state index in [1.54, 1.807) is 0 Å². The molecular formula is C10H14O4. The average Bonchev–Trinajstić information content (AvgIpc) is 2.13. The van der Waals surface area contributed by atoms with Gasteiger partial charge in [0.2, 0.25) is 0 Å². The number of Topliss-reactive ketones (excluding diaryl/α,β-unsaturated/α-hetero) is 1. The lowest BCUT2D eigenvalue weighted by Gasteiger charge is -2.43. The van der Waals surface area contributed by atoms with E-state index >= 15 is 0 Å². The van der Waals surface area contributed by atoms with Gasteiger partial charge in [-0.15, -0.1) is 0 Å². The fraction of sp³-hybridized carbons (Fsp3) is 0.800. The number of hydrogen-bond acceptors (Lipinski definition) is 3. The van der Waals surface area contributed by atoms with Crippen LogP contribution in [-0.4, -0.2) is 29.6 Å². The number of aliphatic carboxylic acids is 1. The van der Waals surface area contributed by atoms with E-state index in [1.807, 2.05) is 0 Å². The van der Waals surface area contributed by atoms with Gasteiger partial charge in [-0.3, -0.25) is 9.59 Å². The molecule has 1 heterocycles. The van der Waals surface area contributed by atoms with Crippen molar-refractivity contribution in [3.63, 3.8) is 0 Å². The summed E-state index contributed by atoms with van der Waals surface area (Å²) in [6, 6.07) is 0. The number of ketones is 1. The summed E-state index contributed by atoms with van der Waals surface area (Å²) in [6.07, 6.45) is 2.86. The Balaban J connectivity index is 2.10. The molecule has 1 aliphatic heterocycles. The van der Waals surface area contributed by atoms with Crippen LogP contribution in [0.25, 0.3) is 0 Å². The lowest BCUT2D eigenvalue weighted by molar-refractivity contribution is -0.179. The van der Waals surface area contributed by atoms with Gasteiger partial charge in [0.25, 0.3) is 0 Å². The van der Waals surface area contributed by atoms with E-state index in [-0.39, 0.29) is 24.7 Å². The van der Waals surface area contributed by atoms with Crippen molar-refractivity contribution in [3.05, 3.63) is 0 Å². The number of carboxylic acids is 1. The monoisotopic (exact) mass is 198 g/mol. The lowest BCUT2D eigenvalue weighted by Crippen LogP contribution is -2.54. The smallest absolute Gasteiger partial charge is 0.313 e. The first kappa shape index (κ1) is 9.65. The summed E-state index contributed by atoms with van der Waals surface area (Å²) in [4.78, 5) is 22.1. The fourth-order valence-electron chi connectivity index (χ4n) is 2.35. The van der Waals surface area contributed by atoms with Crippen molar-refractivity contribution in [3.8, 4) is 0 Å². The minimum atomic E-state index is -0.891. The molecule has 0 radical (unpaired) electrons. The van der Waals surface area contributed by atoms with Crippen LogP contribution in [0.4, 0.5) is 0 Å². The highest BCUT2D eigenvalue weighted by Gasteiger charge is 2.56. The Kier molecular flexibility index (Phi) is 2.31. The first-order chi connectivity index (χ1) is 6.65. The molecule has 4 heteroatoms. The molecule has 2 aliphatic rings. The molecule has 4 nitrogen and oxygen atoms in total. The van der Waals surface area contributed by atoms with Crippen LogP contribution in [0.2, 0.25) is 0 Å². The van der Waals surface area contributed by atoms with Crippen LogP contribution in [0.3, 0.4) is 0 Å². The maximum Gasteiger partial charge on any atom is 0.313 e. The lowest BCUT2D eigenvalue weighted by atomic mass is 9.63. The first-order valence-corrected chi connectivity index (χ1v) is 5.02. The number of carbonyl (C=O) groups excluding carboxylic acids is 1. The van der Waals surface area contributed by atoms with E-state index < -0.39 is 11.4 Å². The van der Waals surface area contributed by atoms with Crippen molar-refractivity contribution in [1.29, 1.82) is 0 Å². The van der Waals surface area contributed by atoms with Gasteiger partial charge in [-0.25, -0.2) is 0 Å². The summed E-state index contributed by atoms with van der Waals surface area (Å²) in [5.74, 6) is -0.828. The van der Waals surface area contributed by atoms with Gasteiger partial charge in [0.1, 0.15) is 11.2 Å². The van der Waals surface area contributed by atoms with Crippen LogP contribution in [0, 0.1) is 5.41 Å². The Labute approximate surface area is 82.2 Å². The molecule has 2 rings (SSSR count). The Hall–Kier alpha value is -0.900. The molecule has 0 aromatic carbocycles. The normalized spacial score (nSPS) is 30.9. The molecule has 78 valence electrons. The molecule has 0 aromatic rings. The third kappa shape index (κ3) is 1.34. The van der Waals surface area contributed by atoms with Gasteiger partial charge in [-0.2, -0.15) is 0 Å². The number of ether oxygens (including phenoxy) is 1. The standard InChI is InChI=1S/C10H14O4/c11-7-5-10(6-7,9(12)13)8-3-1-2-4-14-8/h8H,1-6H2,(H,12,13). The Bertz CT molecular complexity index is 257. The Morgan fingerprint density at radius 1 is 1.43 bits per heavy atom. The van der Waals surface area contributed by atoms with E-state index in [4.69, 9.17) is 9.84 Å². The largest absolute Gasteiger partial charge is 0.481 e. The molecule has 2 fully saturated rings. The quantitative estimate of drug-likeness (QED) is 0.718. The molecule has 1 aliphatic carbocycles. The van der Waals surface area contributed by atoms with Gasteiger partial charge in [0.15, 0.2) is 0 Å². The van der Waals surface area contributed by atoms with Crippen molar-refractivity contribution >= 4 is 11.8 Å². The maximum absolute atomic E-state index is 11.1. The highest BCUT2D eigenvalue weighted by molar-refractivity contribution is 5.97. The summed E-state index contributed by atoms with van der Waals surface area (Å²) in [6.45, 7) is 0.633. The minimum absolute atomic E-state index is 0.0431. The SMILES string of the molecule is O=C1CC(C(=O)O)(C2CCCCO2)C1. The molecule has 0 bridgehead atoms. The van der Waals surface area contributed by atoms with Gasteiger partial charge in [0, 0.05) is 19.4 Å². The number of carboxylic acid groups (broad SMARTS) is 1. The zero-order chi connectivity index (χ0) is 10.2. The van der Waals surface area contributed by atoms with Gasteiger partial charge >= 0.3 is 5.97 Å². The van der Waals surface area contributed by atoms with E-state index in [0.717, 1.165) is 19.3 Å². The summed E-state index contributed by atoms with van der Waals surface area (Å²) in [5.41, 5.74) is -0.891. The topological polar surface area (TPSA) is 63.6 Å². The minimum Gasteiger partial charge on any atom is -0.481 e. The molecule has 0 spiro atoms. The Morgan fingerprint density at radius 2 is 2.14 bits per heavy atom.